The first kappa shape index (κ1) is 16.9. The van der Waals surface area contributed by atoms with Gasteiger partial charge in [-0.25, -0.2) is 8.78 Å². The third kappa shape index (κ3) is 3.57. The van der Waals surface area contributed by atoms with Gasteiger partial charge in [0.15, 0.2) is 0 Å². The van der Waals surface area contributed by atoms with Gasteiger partial charge in [-0.3, -0.25) is 4.90 Å². The summed E-state index contributed by atoms with van der Waals surface area (Å²) in [6.07, 6.45) is 0.981. The molecule has 0 bridgehead atoms. The summed E-state index contributed by atoms with van der Waals surface area (Å²) in [6.45, 7) is 3.42. The van der Waals surface area contributed by atoms with Crippen LogP contribution in [0.15, 0.2) is 42.5 Å². The average Bonchev–Trinajstić information content (AvgIpc) is 2.87. The summed E-state index contributed by atoms with van der Waals surface area (Å²) >= 11 is 0. The summed E-state index contributed by atoms with van der Waals surface area (Å²) in [7, 11) is 1.61. The molecule has 0 aliphatic carbocycles. The van der Waals surface area contributed by atoms with Gasteiger partial charge in [-0.2, -0.15) is 0 Å². The molecule has 1 heterocycles. The highest BCUT2D eigenvalue weighted by atomic mass is 19.1. The molecule has 0 amide bonds. The molecule has 24 heavy (non-hydrogen) atoms. The van der Waals surface area contributed by atoms with Gasteiger partial charge in [0.25, 0.3) is 0 Å². The van der Waals surface area contributed by atoms with Crippen LogP contribution in [0, 0.1) is 11.6 Å². The highest BCUT2D eigenvalue weighted by molar-refractivity contribution is 5.42. The van der Waals surface area contributed by atoms with E-state index in [1.807, 2.05) is 24.3 Å². The Kier molecular flexibility index (Phi) is 5.43. The van der Waals surface area contributed by atoms with Gasteiger partial charge in [-0.05, 0) is 25.1 Å². The molecule has 1 atom stereocenters. The first-order valence-corrected chi connectivity index (χ1v) is 8.23. The molecule has 0 spiro atoms. The van der Waals surface area contributed by atoms with Crippen LogP contribution in [-0.4, -0.2) is 38.2 Å². The lowest BCUT2D eigenvalue weighted by Crippen LogP contribution is -2.33. The molecule has 2 aromatic rings. The Morgan fingerprint density at radius 2 is 1.88 bits per heavy atom. The molecule has 1 aliphatic rings. The number of hydrogen-bond acceptors (Lipinski definition) is 3. The van der Waals surface area contributed by atoms with Gasteiger partial charge in [0.05, 0.1) is 13.2 Å². The Hall–Kier alpha value is -1.98. The zero-order chi connectivity index (χ0) is 16.9. The van der Waals surface area contributed by atoms with E-state index < -0.39 is 11.6 Å². The first-order chi connectivity index (χ1) is 11.7. The Labute approximate surface area is 141 Å². The van der Waals surface area contributed by atoms with Crippen molar-refractivity contribution < 1.29 is 13.5 Å². The van der Waals surface area contributed by atoms with Crippen molar-refractivity contribution in [1.29, 1.82) is 0 Å². The summed E-state index contributed by atoms with van der Waals surface area (Å²) in [4.78, 5) is 2.23. The van der Waals surface area contributed by atoms with Gasteiger partial charge in [-0.1, -0.05) is 24.3 Å². The van der Waals surface area contributed by atoms with Crippen LogP contribution >= 0.6 is 0 Å². The van der Waals surface area contributed by atoms with Crippen LogP contribution in [0.5, 0.6) is 5.75 Å². The fraction of sp³-hybridized carbons (Fsp3) is 0.368. The van der Waals surface area contributed by atoms with E-state index in [9.17, 15) is 8.78 Å². The van der Waals surface area contributed by atoms with Gasteiger partial charge < -0.3 is 10.1 Å². The molecule has 0 aromatic heterocycles. The van der Waals surface area contributed by atoms with E-state index in [1.165, 1.54) is 6.07 Å². The molecule has 1 aliphatic heterocycles. The van der Waals surface area contributed by atoms with Gasteiger partial charge in [-0.15, -0.1) is 0 Å². The second-order valence-corrected chi connectivity index (χ2v) is 5.95. The van der Waals surface area contributed by atoms with E-state index in [-0.39, 0.29) is 6.04 Å². The van der Waals surface area contributed by atoms with Crippen LogP contribution in [0.25, 0.3) is 0 Å². The summed E-state index contributed by atoms with van der Waals surface area (Å²) < 4.78 is 33.4. The second kappa shape index (κ2) is 7.73. The summed E-state index contributed by atoms with van der Waals surface area (Å²) in [5, 5.41) is 3.36. The third-order valence-corrected chi connectivity index (χ3v) is 4.43. The lowest BCUT2D eigenvalue weighted by atomic mass is 9.95. The number of ether oxygens (including phenoxy) is 1. The van der Waals surface area contributed by atoms with E-state index in [2.05, 4.69) is 10.2 Å². The molecule has 1 N–H and O–H groups in total. The molecule has 1 saturated heterocycles. The molecule has 5 heteroatoms. The quantitative estimate of drug-likeness (QED) is 0.929. The Balaban J connectivity index is 2.09. The molecule has 2 aromatic carbocycles. The number of para-hydroxylation sites is 1. The maximum atomic E-state index is 14.6. The van der Waals surface area contributed by atoms with Crippen LogP contribution in [0.4, 0.5) is 8.78 Å². The van der Waals surface area contributed by atoms with Crippen molar-refractivity contribution in [3.8, 4) is 5.75 Å². The van der Waals surface area contributed by atoms with E-state index in [0.717, 1.165) is 44.2 Å². The molecule has 3 nitrogen and oxygen atoms in total. The molecule has 0 radical (unpaired) electrons. The van der Waals surface area contributed by atoms with E-state index in [1.54, 1.807) is 13.2 Å². The highest BCUT2D eigenvalue weighted by Gasteiger charge is 2.28. The minimum Gasteiger partial charge on any atom is -0.496 e. The topological polar surface area (TPSA) is 24.5 Å². The van der Waals surface area contributed by atoms with Crippen LogP contribution < -0.4 is 10.1 Å². The van der Waals surface area contributed by atoms with Crippen molar-refractivity contribution in [1.82, 2.24) is 10.2 Å². The predicted molar refractivity (Wildman–Crippen MR) is 90.3 cm³/mol. The van der Waals surface area contributed by atoms with Crippen molar-refractivity contribution >= 4 is 0 Å². The van der Waals surface area contributed by atoms with Gasteiger partial charge in [0.2, 0.25) is 0 Å². The summed E-state index contributed by atoms with van der Waals surface area (Å²) in [6, 6.07) is 11.1. The standard InChI is InChI=1S/C19H22F2N2O/c1-24-18-6-3-2-5-16(18)19(23-11-4-9-22-10-12-23)15-8-7-14(20)13-17(15)21/h2-3,5-8,13,19,22H,4,9-12H2,1H3. The Morgan fingerprint density at radius 3 is 2.67 bits per heavy atom. The van der Waals surface area contributed by atoms with Crippen LogP contribution in [0.1, 0.15) is 23.6 Å². The van der Waals surface area contributed by atoms with Crippen LogP contribution in [-0.2, 0) is 0 Å². The SMILES string of the molecule is COc1ccccc1C(c1ccc(F)cc1F)N1CCCNCC1. The van der Waals surface area contributed by atoms with Gasteiger partial charge in [0.1, 0.15) is 17.4 Å². The summed E-state index contributed by atoms with van der Waals surface area (Å²) in [5.74, 6) is -0.376. The minimum absolute atomic E-state index is 0.304. The number of nitrogens with one attached hydrogen (secondary N) is 1. The number of halogens is 2. The van der Waals surface area contributed by atoms with E-state index in [4.69, 9.17) is 4.74 Å². The Morgan fingerprint density at radius 1 is 1.04 bits per heavy atom. The van der Waals surface area contributed by atoms with Crippen LogP contribution in [0.3, 0.4) is 0 Å². The molecule has 1 unspecified atom stereocenters. The number of methoxy groups -OCH3 is 1. The average molecular weight is 332 g/mol. The second-order valence-electron chi connectivity index (χ2n) is 5.95. The molecular weight excluding hydrogens is 310 g/mol. The van der Waals surface area contributed by atoms with Crippen molar-refractivity contribution in [2.75, 3.05) is 33.3 Å². The smallest absolute Gasteiger partial charge is 0.131 e. The normalized spacial score (nSPS) is 17.3. The number of hydrogen-bond donors (Lipinski definition) is 1. The maximum absolute atomic E-state index is 14.6. The number of nitrogens with zero attached hydrogens (tertiary/aromatic N) is 1. The minimum atomic E-state index is -0.562. The first-order valence-electron chi connectivity index (χ1n) is 8.23. The third-order valence-electron chi connectivity index (χ3n) is 4.43. The van der Waals surface area contributed by atoms with Crippen LogP contribution in [0.2, 0.25) is 0 Å². The number of benzene rings is 2. The molecule has 3 rings (SSSR count). The highest BCUT2D eigenvalue weighted by Crippen LogP contribution is 2.36. The number of rotatable bonds is 4. The Bertz CT molecular complexity index is 685. The fourth-order valence-corrected chi connectivity index (χ4v) is 3.30. The van der Waals surface area contributed by atoms with Crippen molar-refractivity contribution in [2.24, 2.45) is 0 Å². The maximum Gasteiger partial charge on any atom is 0.131 e. The lowest BCUT2D eigenvalue weighted by Gasteiger charge is -2.32. The molecule has 1 fully saturated rings. The largest absolute Gasteiger partial charge is 0.496 e. The molecular formula is C19H22F2N2O. The van der Waals surface area contributed by atoms with E-state index >= 15 is 0 Å². The fourth-order valence-electron chi connectivity index (χ4n) is 3.30. The monoisotopic (exact) mass is 332 g/mol. The van der Waals surface area contributed by atoms with Crippen molar-refractivity contribution in [3.63, 3.8) is 0 Å². The van der Waals surface area contributed by atoms with Gasteiger partial charge in [0, 0.05) is 36.8 Å². The summed E-state index contributed by atoms with van der Waals surface area (Å²) in [5.41, 5.74) is 1.37. The lowest BCUT2D eigenvalue weighted by molar-refractivity contribution is 0.232. The zero-order valence-corrected chi connectivity index (χ0v) is 13.8. The molecule has 128 valence electrons. The molecule has 0 saturated carbocycles. The zero-order valence-electron chi connectivity index (χ0n) is 13.8. The van der Waals surface area contributed by atoms with Gasteiger partial charge >= 0.3 is 0 Å². The van der Waals surface area contributed by atoms with Crippen molar-refractivity contribution in [3.05, 3.63) is 65.2 Å². The van der Waals surface area contributed by atoms with E-state index in [0.29, 0.717) is 11.3 Å². The predicted octanol–water partition coefficient (Wildman–Crippen LogP) is 3.36. The van der Waals surface area contributed by atoms with Crippen molar-refractivity contribution in [2.45, 2.75) is 12.5 Å².